The molecular weight excluding hydrogens is 715 g/mol. The molecule has 276 valence electrons. The van der Waals surface area contributed by atoms with Crippen LogP contribution in [0.1, 0.15) is 16.7 Å². The summed E-state index contributed by atoms with van der Waals surface area (Å²) in [7, 11) is 0. The average molecular weight is 752 g/mol. The fourth-order valence-electron chi connectivity index (χ4n) is 8.89. The molecule has 59 heavy (non-hydrogen) atoms. The first-order valence-corrected chi connectivity index (χ1v) is 20.0. The van der Waals surface area contributed by atoms with E-state index >= 15 is 0 Å². The van der Waals surface area contributed by atoms with Crippen LogP contribution in [-0.2, 0) is 0 Å². The monoisotopic (exact) mass is 751 g/mol. The highest BCUT2D eigenvalue weighted by Gasteiger charge is 2.18. The Morgan fingerprint density at radius 2 is 1.12 bits per heavy atom. The quantitative estimate of drug-likeness (QED) is 0.0761. The van der Waals surface area contributed by atoms with Crippen LogP contribution in [0.4, 0.5) is 0 Å². The minimum Gasteiger partial charge on any atom is -0.309 e. The Morgan fingerprint density at radius 3 is 1.97 bits per heavy atom. The first kappa shape index (κ1) is 34.4. The zero-order chi connectivity index (χ0) is 39.3. The van der Waals surface area contributed by atoms with Crippen molar-refractivity contribution in [1.82, 2.24) is 4.57 Å². The first-order chi connectivity index (χ1) is 29.2. The highest BCUT2D eigenvalue weighted by Crippen LogP contribution is 2.40. The van der Waals surface area contributed by atoms with E-state index in [0.717, 1.165) is 55.3 Å². The summed E-state index contributed by atoms with van der Waals surface area (Å²) in [5.74, 6) is 0.217. The third-order valence-corrected chi connectivity index (χ3v) is 11.6. The van der Waals surface area contributed by atoms with E-state index in [1.807, 2.05) is 36.4 Å². The Balaban J connectivity index is 1.03. The van der Waals surface area contributed by atoms with Gasteiger partial charge in [0.2, 0.25) is 0 Å². The lowest BCUT2D eigenvalue weighted by Gasteiger charge is -2.15. The molecule has 11 rings (SSSR count). The molecule has 0 unspecified atom stereocenters. The van der Waals surface area contributed by atoms with Gasteiger partial charge in [-0.25, -0.2) is 4.99 Å². The second-order valence-electron chi connectivity index (χ2n) is 15.1. The number of fused-ring (bicyclic) bond motifs is 8. The second-order valence-corrected chi connectivity index (χ2v) is 15.1. The minimum absolute atomic E-state index is 0.217. The Bertz CT molecular complexity index is 3500. The largest absolute Gasteiger partial charge is 0.309 e. The van der Waals surface area contributed by atoms with Crippen LogP contribution in [0.25, 0.3) is 87.8 Å². The maximum Gasteiger partial charge on any atom is 0.152 e. The lowest BCUT2D eigenvalue weighted by molar-refractivity contribution is 1.18. The molecule has 0 bridgehead atoms. The normalized spacial score (nSPS) is 12.2. The van der Waals surface area contributed by atoms with Crippen LogP contribution in [0.5, 0.6) is 0 Å². The second kappa shape index (κ2) is 14.3. The van der Waals surface area contributed by atoms with Gasteiger partial charge in [0.15, 0.2) is 5.84 Å². The van der Waals surface area contributed by atoms with Gasteiger partial charge in [0.1, 0.15) is 0 Å². The molecule has 3 heteroatoms. The minimum atomic E-state index is 0.217. The predicted molar refractivity (Wildman–Crippen MR) is 252 cm³/mol. The molecular formula is C56H37N3. The number of hydrogen-bond donors (Lipinski definition) is 1. The topological polar surface area (TPSA) is 41.1 Å². The van der Waals surface area contributed by atoms with E-state index in [1.54, 1.807) is 0 Å². The van der Waals surface area contributed by atoms with Crippen molar-refractivity contribution < 1.29 is 0 Å². The molecule has 10 aromatic carbocycles. The van der Waals surface area contributed by atoms with Crippen LogP contribution in [0, 0.1) is 5.41 Å². The van der Waals surface area contributed by atoms with E-state index in [1.165, 1.54) is 48.8 Å². The van der Waals surface area contributed by atoms with Crippen molar-refractivity contribution >= 4 is 82.5 Å². The summed E-state index contributed by atoms with van der Waals surface area (Å²) in [5.41, 5.74) is 9.32. The molecule has 0 saturated carbocycles. The van der Waals surface area contributed by atoms with Crippen LogP contribution < -0.4 is 0 Å². The Hall–Kier alpha value is -7.88. The number of nitrogens with one attached hydrogen (secondary N) is 1. The van der Waals surface area contributed by atoms with Gasteiger partial charge < -0.3 is 4.57 Å². The van der Waals surface area contributed by atoms with Crippen LogP contribution in [0.3, 0.4) is 0 Å². The molecule has 0 fully saturated rings. The Morgan fingerprint density at radius 1 is 0.458 bits per heavy atom. The van der Waals surface area contributed by atoms with Crippen LogP contribution in [0.2, 0.25) is 0 Å². The summed E-state index contributed by atoms with van der Waals surface area (Å²) in [4.78, 5) is 5.05. The van der Waals surface area contributed by atoms with Crippen molar-refractivity contribution in [3.63, 3.8) is 0 Å². The van der Waals surface area contributed by atoms with E-state index in [-0.39, 0.29) is 5.84 Å². The van der Waals surface area contributed by atoms with Gasteiger partial charge in [-0.05, 0) is 108 Å². The molecule has 0 saturated heterocycles. The highest BCUT2D eigenvalue weighted by molar-refractivity contribution is 6.27. The van der Waals surface area contributed by atoms with E-state index in [9.17, 15) is 0 Å². The molecule has 0 atom stereocenters. The van der Waals surface area contributed by atoms with Crippen molar-refractivity contribution in [2.24, 2.45) is 4.99 Å². The van der Waals surface area contributed by atoms with Crippen LogP contribution in [0.15, 0.2) is 217 Å². The van der Waals surface area contributed by atoms with E-state index in [4.69, 9.17) is 10.4 Å². The molecule has 11 aromatic rings. The molecule has 3 nitrogen and oxygen atoms in total. The molecule has 0 amide bonds. The van der Waals surface area contributed by atoms with Crippen LogP contribution >= 0.6 is 0 Å². The van der Waals surface area contributed by atoms with Gasteiger partial charge in [0.05, 0.1) is 16.7 Å². The fourth-order valence-corrected chi connectivity index (χ4v) is 8.89. The maximum absolute atomic E-state index is 9.12. The van der Waals surface area contributed by atoms with E-state index in [2.05, 4.69) is 187 Å². The van der Waals surface area contributed by atoms with E-state index < -0.39 is 0 Å². The van der Waals surface area contributed by atoms with Gasteiger partial charge in [-0.3, -0.25) is 5.41 Å². The van der Waals surface area contributed by atoms with Crippen LogP contribution in [-0.4, -0.2) is 16.1 Å². The molecule has 1 aromatic heterocycles. The molecule has 1 heterocycles. The number of rotatable bonds is 6. The van der Waals surface area contributed by atoms with Gasteiger partial charge in [-0.1, -0.05) is 170 Å². The molecule has 0 aliphatic heterocycles. The van der Waals surface area contributed by atoms with Gasteiger partial charge in [0.25, 0.3) is 0 Å². The van der Waals surface area contributed by atoms with Gasteiger partial charge in [-0.2, -0.15) is 0 Å². The molecule has 0 aliphatic rings. The summed E-state index contributed by atoms with van der Waals surface area (Å²) in [6.07, 6.45) is 4.20. The number of amidine groups is 1. The number of para-hydroxylation sites is 2. The summed E-state index contributed by atoms with van der Waals surface area (Å²) in [6.45, 7) is 0. The Labute approximate surface area is 342 Å². The summed E-state index contributed by atoms with van der Waals surface area (Å²) < 4.78 is 2.32. The Kier molecular flexibility index (Phi) is 8.30. The maximum atomic E-state index is 9.12. The predicted octanol–water partition coefficient (Wildman–Crippen LogP) is 14.6. The molecule has 0 spiro atoms. The highest BCUT2D eigenvalue weighted by atomic mass is 15.0. The first-order valence-electron chi connectivity index (χ1n) is 20.0. The zero-order valence-electron chi connectivity index (χ0n) is 32.2. The summed E-state index contributed by atoms with van der Waals surface area (Å²) in [5, 5.41) is 21.3. The van der Waals surface area contributed by atoms with Crippen molar-refractivity contribution in [3.05, 3.63) is 229 Å². The fraction of sp³-hybridized carbons (Fsp3) is 0. The lowest BCUT2D eigenvalue weighted by atomic mass is 9.89. The number of hydrogen-bond acceptors (Lipinski definition) is 1. The van der Waals surface area contributed by atoms with Gasteiger partial charge >= 0.3 is 0 Å². The molecule has 0 radical (unpaired) electrons. The third kappa shape index (κ3) is 6.00. The SMILES string of the molecule is N=C(N=C(/C=C/c1ccc2cc(-c3c4ccccc4cc4c3ccc3ccccc34)ccc2c1)c1cccc2c1c1ccccc1n2-c1ccccc1)c1ccccc1. The summed E-state index contributed by atoms with van der Waals surface area (Å²) >= 11 is 0. The number of aliphatic imine (C=N–C) groups is 1. The standard InChI is InChI=1S/C56H37N3/c57-56(39-15-3-1-4-16-39)58-51(48-23-13-25-53-55(48)49-22-11-12-24-52(49)59(53)44-18-5-2-6-19-44)33-27-37-26-28-41-35-43(30-29-40(41)34-37)54-46-21-10-8-17-42(46)36-50-45-20-9-7-14-38(45)31-32-47(50)54/h1-36,57H/b33-27+,57-56?,58-51?. The number of benzene rings is 10. The third-order valence-electron chi connectivity index (χ3n) is 11.6. The average Bonchev–Trinajstić information content (AvgIpc) is 3.64. The van der Waals surface area contributed by atoms with Crippen molar-refractivity contribution in [2.75, 3.05) is 0 Å². The molecule has 1 N–H and O–H groups in total. The summed E-state index contributed by atoms with van der Waals surface area (Å²) in [6, 6.07) is 73.0. The van der Waals surface area contributed by atoms with Crippen molar-refractivity contribution in [3.8, 4) is 16.8 Å². The van der Waals surface area contributed by atoms with Crippen molar-refractivity contribution in [1.29, 1.82) is 5.41 Å². The number of nitrogens with zero attached hydrogens (tertiary/aromatic N) is 2. The zero-order valence-corrected chi connectivity index (χ0v) is 32.2. The lowest BCUT2D eigenvalue weighted by Crippen LogP contribution is -2.04. The van der Waals surface area contributed by atoms with Gasteiger partial charge in [-0.15, -0.1) is 0 Å². The smallest absolute Gasteiger partial charge is 0.152 e. The van der Waals surface area contributed by atoms with E-state index in [0.29, 0.717) is 0 Å². The number of allylic oxidation sites excluding steroid dienone is 1. The van der Waals surface area contributed by atoms with Gasteiger partial charge in [0, 0.05) is 27.6 Å². The number of aromatic nitrogens is 1. The molecule has 0 aliphatic carbocycles. The van der Waals surface area contributed by atoms with Crippen molar-refractivity contribution in [2.45, 2.75) is 0 Å².